The van der Waals surface area contributed by atoms with Gasteiger partial charge in [0.25, 0.3) is 0 Å². The minimum Gasteiger partial charge on any atom is -0.419 e. The van der Waals surface area contributed by atoms with Crippen molar-refractivity contribution in [1.29, 1.82) is 0 Å². The fraction of sp³-hybridized carbons (Fsp3) is 0.300. The second-order valence-electron chi connectivity index (χ2n) is 3.09. The largest absolute Gasteiger partial charge is 0.419 e. The molecule has 0 radical (unpaired) electrons. The van der Waals surface area contributed by atoms with Crippen molar-refractivity contribution in [3.63, 3.8) is 0 Å². The molecule has 86 valence electrons. The van der Waals surface area contributed by atoms with Gasteiger partial charge in [-0.3, -0.25) is 14.9 Å². The smallest absolute Gasteiger partial charge is 0.311 e. The third-order valence-corrected chi connectivity index (χ3v) is 1.80. The maximum Gasteiger partial charge on any atom is 0.311 e. The van der Waals surface area contributed by atoms with E-state index in [2.05, 4.69) is 0 Å². The SMILES string of the molecule is CCCC(=O)Oc1cc(F)ccc1[N+](=O)[O-]. The summed E-state index contributed by atoms with van der Waals surface area (Å²) in [4.78, 5) is 21.0. The van der Waals surface area contributed by atoms with Crippen molar-refractivity contribution in [2.45, 2.75) is 19.8 Å². The molecule has 0 fully saturated rings. The molecule has 0 saturated heterocycles. The van der Waals surface area contributed by atoms with Gasteiger partial charge < -0.3 is 4.74 Å². The van der Waals surface area contributed by atoms with Crippen molar-refractivity contribution < 1.29 is 18.8 Å². The molecule has 1 aromatic rings. The molecule has 0 heterocycles. The van der Waals surface area contributed by atoms with Crippen molar-refractivity contribution in [2.75, 3.05) is 0 Å². The van der Waals surface area contributed by atoms with E-state index in [1.54, 1.807) is 6.92 Å². The maximum absolute atomic E-state index is 12.8. The fourth-order valence-corrected chi connectivity index (χ4v) is 1.10. The molecule has 6 heteroatoms. The van der Waals surface area contributed by atoms with E-state index >= 15 is 0 Å². The lowest BCUT2D eigenvalue weighted by Crippen LogP contribution is -2.08. The number of benzene rings is 1. The predicted octanol–water partition coefficient (Wildman–Crippen LogP) is 2.44. The first-order valence-corrected chi connectivity index (χ1v) is 4.69. The highest BCUT2D eigenvalue weighted by Gasteiger charge is 2.18. The number of esters is 1. The summed E-state index contributed by atoms with van der Waals surface area (Å²) < 4.78 is 17.5. The second-order valence-corrected chi connectivity index (χ2v) is 3.09. The van der Waals surface area contributed by atoms with Gasteiger partial charge in [0.05, 0.1) is 4.92 Å². The van der Waals surface area contributed by atoms with Gasteiger partial charge >= 0.3 is 11.7 Å². The van der Waals surface area contributed by atoms with Gasteiger partial charge in [-0.05, 0) is 12.5 Å². The third kappa shape index (κ3) is 3.01. The monoisotopic (exact) mass is 227 g/mol. The molecule has 5 nitrogen and oxygen atoms in total. The highest BCUT2D eigenvalue weighted by atomic mass is 19.1. The Bertz CT molecular complexity index is 419. The first-order chi connectivity index (χ1) is 7.54. The zero-order chi connectivity index (χ0) is 12.1. The molecule has 16 heavy (non-hydrogen) atoms. The van der Waals surface area contributed by atoms with Crippen molar-refractivity contribution >= 4 is 11.7 Å². The molecule has 0 unspecified atom stereocenters. The average Bonchev–Trinajstić information content (AvgIpc) is 2.17. The van der Waals surface area contributed by atoms with Crippen molar-refractivity contribution in [2.24, 2.45) is 0 Å². The van der Waals surface area contributed by atoms with E-state index in [1.807, 2.05) is 0 Å². The van der Waals surface area contributed by atoms with E-state index in [0.717, 1.165) is 18.2 Å². The number of halogens is 1. The summed E-state index contributed by atoms with van der Waals surface area (Å²) in [6.07, 6.45) is 0.690. The van der Waals surface area contributed by atoms with Crippen molar-refractivity contribution in [3.8, 4) is 5.75 Å². The van der Waals surface area contributed by atoms with Gasteiger partial charge in [0.1, 0.15) is 5.82 Å². The quantitative estimate of drug-likeness (QED) is 0.343. The summed E-state index contributed by atoms with van der Waals surface area (Å²) in [6.45, 7) is 1.77. The summed E-state index contributed by atoms with van der Waals surface area (Å²) in [5.74, 6) is -1.66. The van der Waals surface area contributed by atoms with Crippen LogP contribution in [0.1, 0.15) is 19.8 Å². The molecular formula is C10H10FNO4. The Labute approximate surface area is 91.0 Å². The van der Waals surface area contributed by atoms with Crippen LogP contribution < -0.4 is 4.74 Å². The maximum atomic E-state index is 12.8. The standard InChI is InChI=1S/C10H10FNO4/c1-2-3-10(13)16-9-6-7(11)4-5-8(9)12(14)15/h4-6H,2-3H2,1H3. The number of hydrogen-bond donors (Lipinski definition) is 0. The summed E-state index contributed by atoms with van der Waals surface area (Å²) in [5.41, 5.74) is -0.425. The lowest BCUT2D eigenvalue weighted by atomic mass is 10.3. The lowest BCUT2D eigenvalue weighted by Gasteiger charge is -2.03. The molecular weight excluding hydrogens is 217 g/mol. The number of rotatable bonds is 4. The van der Waals surface area contributed by atoms with Gasteiger partial charge in [-0.1, -0.05) is 6.92 Å². The van der Waals surface area contributed by atoms with Crippen LogP contribution in [0.5, 0.6) is 5.75 Å². The Kier molecular flexibility index (Phi) is 3.93. The molecule has 0 N–H and O–H groups in total. The number of nitro groups is 1. The molecule has 0 amide bonds. The average molecular weight is 227 g/mol. The van der Waals surface area contributed by atoms with E-state index in [-0.39, 0.29) is 12.2 Å². The third-order valence-electron chi connectivity index (χ3n) is 1.80. The first-order valence-electron chi connectivity index (χ1n) is 4.69. The zero-order valence-electron chi connectivity index (χ0n) is 8.60. The van der Waals surface area contributed by atoms with Crippen LogP contribution in [-0.4, -0.2) is 10.9 Å². The Morgan fingerprint density at radius 2 is 2.25 bits per heavy atom. The summed E-state index contributed by atoms with van der Waals surface area (Å²) in [7, 11) is 0. The Hall–Kier alpha value is -1.98. The van der Waals surface area contributed by atoms with E-state index in [1.165, 1.54) is 0 Å². The van der Waals surface area contributed by atoms with Crippen LogP contribution >= 0.6 is 0 Å². The lowest BCUT2D eigenvalue weighted by molar-refractivity contribution is -0.385. The van der Waals surface area contributed by atoms with Crippen LogP contribution in [0.2, 0.25) is 0 Å². The number of carbonyl (C=O) groups excluding carboxylic acids is 1. The molecule has 0 saturated carbocycles. The highest BCUT2D eigenvalue weighted by molar-refractivity contribution is 5.73. The van der Waals surface area contributed by atoms with Crippen LogP contribution in [0.15, 0.2) is 18.2 Å². The molecule has 0 bridgehead atoms. The normalized spacial score (nSPS) is 9.88. The number of ether oxygens (including phenoxy) is 1. The number of hydrogen-bond acceptors (Lipinski definition) is 4. The molecule has 0 atom stereocenters. The molecule has 0 aliphatic carbocycles. The minimum absolute atomic E-state index is 0.133. The van der Waals surface area contributed by atoms with Crippen LogP contribution in [0.4, 0.5) is 10.1 Å². The molecule has 0 aromatic heterocycles. The summed E-state index contributed by atoms with van der Waals surface area (Å²) in [6, 6.07) is 2.73. The van der Waals surface area contributed by atoms with Gasteiger partial charge in [0.15, 0.2) is 0 Å². The molecule has 1 aromatic carbocycles. The molecule has 0 spiro atoms. The van der Waals surface area contributed by atoms with E-state index in [9.17, 15) is 19.3 Å². The number of carbonyl (C=O) groups is 1. The number of nitrogens with zero attached hydrogens (tertiary/aromatic N) is 1. The van der Waals surface area contributed by atoms with Gasteiger partial charge in [0.2, 0.25) is 5.75 Å². The number of nitro benzene ring substituents is 1. The summed E-state index contributed by atoms with van der Waals surface area (Å²) >= 11 is 0. The van der Waals surface area contributed by atoms with Gasteiger partial charge in [0, 0.05) is 18.6 Å². The van der Waals surface area contributed by atoms with Gasteiger partial charge in [-0.25, -0.2) is 4.39 Å². The highest BCUT2D eigenvalue weighted by Crippen LogP contribution is 2.27. The van der Waals surface area contributed by atoms with Crippen molar-refractivity contribution in [3.05, 3.63) is 34.1 Å². The molecule has 0 aliphatic heterocycles. The Morgan fingerprint density at radius 1 is 1.56 bits per heavy atom. The fourth-order valence-electron chi connectivity index (χ4n) is 1.10. The molecule has 0 aliphatic rings. The van der Waals surface area contributed by atoms with E-state index < -0.39 is 22.4 Å². The predicted molar refractivity (Wildman–Crippen MR) is 53.6 cm³/mol. The van der Waals surface area contributed by atoms with Gasteiger partial charge in [-0.2, -0.15) is 0 Å². The Balaban J connectivity index is 2.96. The molecule has 1 rings (SSSR count). The van der Waals surface area contributed by atoms with Crippen LogP contribution in [0, 0.1) is 15.9 Å². The second kappa shape index (κ2) is 5.20. The minimum atomic E-state index is -0.728. The zero-order valence-corrected chi connectivity index (χ0v) is 8.60. The van der Waals surface area contributed by atoms with Crippen LogP contribution in [0.25, 0.3) is 0 Å². The summed E-state index contributed by atoms with van der Waals surface area (Å²) in [5, 5.41) is 10.6. The van der Waals surface area contributed by atoms with Crippen LogP contribution in [-0.2, 0) is 4.79 Å². The first kappa shape index (κ1) is 12.1. The topological polar surface area (TPSA) is 69.4 Å². The van der Waals surface area contributed by atoms with E-state index in [0.29, 0.717) is 6.42 Å². The Morgan fingerprint density at radius 3 is 2.81 bits per heavy atom. The van der Waals surface area contributed by atoms with Crippen LogP contribution in [0.3, 0.4) is 0 Å². The van der Waals surface area contributed by atoms with E-state index in [4.69, 9.17) is 4.74 Å². The van der Waals surface area contributed by atoms with Gasteiger partial charge in [-0.15, -0.1) is 0 Å². The van der Waals surface area contributed by atoms with Crippen molar-refractivity contribution in [1.82, 2.24) is 0 Å².